The van der Waals surface area contributed by atoms with Gasteiger partial charge < -0.3 is 13.6 Å². The summed E-state index contributed by atoms with van der Waals surface area (Å²) in [5.41, 5.74) is 0. The zero-order valence-corrected chi connectivity index (χ0v) is 42.1. The summed E-state index contributed by atoms with van der Waals surface area (Å²) in [4.78, 5) is 0. The Morgan fingerprint density at radius 1 is 0.224 bits per heavy atom. The maximum Gasteiger partial charge on any atom is 0.332 e. The van der Waals surface area contributed by atoms with Crippen LogP contribution in [0.2, 0.25) is 0 Å². The van der Waals surface area contributed by atoms with Crippen molar-refractivity contribution in [1.82, 2.24) is 0 Å². The normalized spacial score (nSPS) is 12.1. The predicted octanol–water partition coefficient (Wildman–Crippen LogP) is 20.6. The number of hydrogen-bond acceptors (Lipinski definition) is 3. The minimum Gasteiger partial charge on any atom is -0.312 e. The number of rotatable bonds is 51. The lowest BCUT2D eigenvalue weighted by Gasteiger charge is -2.25. The van der Waals surface area contributed by atoms with Crippen LogP contribution < -0.4 is 0 Å². The van der Waals surface area contributed by atoms with Gasteiger partial charge in [-0.15, -0.1) is 0 Å². The molecule has 0 atom stereocenters. The van der Waals surface area contributed by atoms with Crippen molar-refractivity contribution >= 4 is 8.60 Å². The first-order chi connectivity index (χ1) is 28.6. The highest BCUT2D eigenvalue weighted by molar-refractivity contribution is 7.41. The zero-order valence-electron chi connectivity index (χ0n) is 41.2. The Kier molecular flexibility index (Phi) is 50.2. The third kappa shape index (κ3) is 43.0. The maximum absolute atomic E-state index is 6.90. The van der Waals surface area contributed by atoms with Gasteiger partial charge in [-0.3, -0.25) is 0 Å². The molecule has 0 amide bonds. The lowest BCUT2D eigenvalue weighted by Crippen LogP contribution is -2.15. The molecule has 0 aromatic carbocycles. The highest BCUT2D eigenvalue weighted by Gasteiger charge is 2.22. The van der Waals surface area contributed by atoms with Crippen molar-refractivity contribution in [3.8, 4) is 0 Å². The van der Waals surface area contributed by atoms with Crippen LogP contribution in [-0.2, 0) is 13.6 Å². The fraction of sp³-hybridized carbons (Fsp3) is 1.00. The van der Waals surface area contributed by atoms with Crippen LogP contribution in [0.25, 0.3) is 0 Å². The lowest BCUT2D eigenvalue weighted by molar-refractivity contribution is 0.106. The van der Waals surface area contributed by atoms with Crippen molar-refractivity contribution in [3.05, 3.63) is 0 Å². The Hall–Kier alpha value is 0.310. The second kappa shape index (κ2) is 50.0. The molecular formula is C54H111O3P. The molecule has 4 heteroatoms. The van der Waals surface area contributed by atoms with Gasteiger partial charge in [-0.25, -0.2) is 0 Å². The Bertz CT molecular complexity index is 590. The van der Waals surface area contributed by atoms with Crippen LogP contribution in [0.1, 0.15) is 311 Å². The van der Waals surface area contributed by atoms with E-state index in [2.05, 4.69) is 41.5 Å². The topological polar surface area (TPSA) is 27.7 Å². The van der Waals surface area contributed by atoms with Gasteiger partial charge in [0.2, 0.25) is 0 Å². The van der Waals surface area contributed by atoms with Crippen molar-refractivity contribution < 1.29 is 13.6 Å². The van der Waals surface area contributed by atoms with Gasteiger partial charge in [0.05, 0.1) is 19.8 Å². The number of hydrogen-bond donors (Lipinski definition) is 0. The first kappa shape index (κ1) is 58.3. The second-order valence-electron chi connectivity index (χ2n) is 19.0. The van der Waals surface area contributed by atoms with E-state index in [0.717, 1.165) is 19.8 Å². The first-order valence-electron chi connectivity index (χ1n) is 27.3. The summed E-state index contributed by atoms with van der Waals surface area (Å²) in [5, 5.41) is 0. The smallest absolute Gasteiger partial charge is 0.312 e. The molecule has 0 aliphatic heterocycles. The van der Waals surface area contributed by atoms with Gasteiger partial charge in [-0.05, 0) is 56.3 Å². The average Bonchev–Trinajstić information content (AvgIpc) is 3.23. The summed E-state index contributed by atoms with van der Waals surface area (Å²) in [5.74, 6) is 1.91. The van der Waals surface area contributed by atoms with E-state index in [1.165, 1.54) is 270 Å². The molecule has 0 heterocycles. The van der Waals surface area contributed by atoms with E-state index in [9.17, 15) is 0 Å². The van der Waals surface area contributed by atoms with Crippen LogP contribution in [0, 0.1) is 17.8 Å². The van der Waals surface area contributed by atoms with E-state index in [1.807, 2.05) is 0 Å². The summed E-state index contributed by atoms with van der Waals surface area (Å²) in [6, 6.07) is 0. The molecule has 350 valence electrons. The van der Waals surface area contributed by atoms with Crippen LogP contribution in [-0.4, -0.2) is 19.8 Å². The molecule has 0 bridgehead atoms. The summed E-state index contributed by atoms with van der Waals surface area (Å²) < 4.78 is 20.7. The molecule has 0 saturated heterocycles. The highest BCUT2D eigenvalue weighted by Crippen LogP contribution is 2.43. The van der Waals surface area contributed by atoms with E-state index in [-0.39, 0.29) is 0 Å². The van der Waals surface area contributed by atoms with Crippen LogP contribution in [0.5, 0.6) is 0 Å². The van der Waals surface area contributed by atoms with Crippen LogP contribution in [0.4, 0.5) is 0 Å². The van der Waals surface area contributed by atoms with E-state index < -0.39 is 8.60 Å². The van der Waals surface area contributed by atoms with Gasteiger partial charge in [0, 0.05) is 0 Å². The first-order valence-corrected chi connectivity index (χ1v) is 28.4. The lowest BCUT2D eigenvalue weighted by atomic mass is 9.95. The molecule has 0 aliphatic rings. The summed E-state index contributed by atoms with van der Waals surface area (Å²) in [6.07, 6.45) is 57.3. The van der Waals surface area contributed by atoms with Crippen molar-refractivity contribution in [2.24, 2.45) is 17.8 Å². The molecule has 0 N–H and O–H groups in total. The van der Waals surface area contributed by atoms with Gasteiger partial charge >= 0.3 is 8.60 Å². The monoisotopic (exact) mass is 839 g/mol. The maximum atomic E-state index is 6.90. The molecular weight excluding hydrogens is 728 g/mol. The molecule has 0 rings (SSSR count). The average molecular weight is 839 g/mol. The van der Waals surface area contributed by atoms with Crippen molar-refractivity contribution in [2.45, 2.75) is 311 Å². The standard InChI is InChI=1S/C54H111O3P/c1-7-13-19-25-31-37-43-52(44-38-32-26-20-14-8-2)49-55-58(56-50-53(45-39-33-27-21-15-9-3)46-40-34-28-22-16-10-4)57-51-54(47-41-35-29-23-17-11-5)48-42-36-30-24-18-12-6/h52-54H,7-51H2,1-6H3. The third-order valence-electron chi connectivity index (χ3n) is 13.0. The molecule has 0 aromatic heterocycles. The minimum atomic E-state index is -1.32. The molecule has 0 aromatic rings. The van der Waals surface area contributed by atoms with Gasteiger partial charge in [0.1, 0.15) is 0 Å². The third-order valence-corrected chi connectivity index (χ3v) is 14.1. The van der Waals surface area contributed by atoms with Gasteiger partial charge in [-0.1, -0.05) is 273 Å². The molecule has 0 spiro atoms. The molecule has 0 aliphatic carbocycles. The Morgan fingerprint density at radius 2 is 0.379 bits per heavy atom. The van der Waals surface area contributed by atoms with Crippen molar-refractivity contribution in [2.75, 3.05) is 19.8 Å². The van der Waals surface area contributed by atoms with E-state index in [0.29, 0.717) is 17.8 Å². The number of unbranched alkanes of at least 4 members (excludes halogenated alkanes) is 30. The fourth-order valence-corrected chi connectivity index (χ4v) is 10.0. The molecule has 0 saturated carbocycles. The second-order valence-corrected chi connectivity index (χ2v) is 20.3. The highest BCUT2D eigenvalue weighted by atomic mass is 31.2. The van der Waals surface area contributed by atoms with Gasteiger partial charge in [0.25, 0.3) is 0 Å². The zero-order chi connectivity index (χ0) is 42.3. The Labute approximate surface area is 369 Å². The Balaban J connectivity index is 5.75. The molecule has 58 heavy (non-hydrogen) atoms. The molecule has 3 nitrogen and oxygen atoms in total. The summed E-state index contributed by atoms with van der Waals surface area (Å²) >= 11 is 0. The summed E-state index contributed by atoms with van der Waals surface area (Å²) in [7, 11) is -1.32. The van der Waals surface area contributed by atoms with E-state index >= 15 is 0 Å². The molecule has 0 radical (unpaired) electrons. The molecule has 0 unspecified atom stereocenters. The van der Waals surface area contributed by atoms with E-state index in [4.69, 9.17) is 13.6 Å². The van der Waals surface area contributed by atoms with Gasteiger partial charge in [-0.2, -0.15) is 0 Å². The van der Waals surface area contributed by atoms with Gasteiger partial charge in [0.15, 0.2) is 0 Å². The largest absolute Gasteiger partial charge is 0.332 e. The van der Waals surface area contributed by atoms with E-state index in [1.54, 1.807) is 0 Å². The molecule has 0 fully saturated rings. The van der Waals surface area contributed by atoms with Crippen molar-refractivity contribution in [3.63, 3.8) is 0 Å². The fourth-order valence-electron chi connectivity index (χ4n) is 8.82. The minimum absolute atomic E-state index is 0.638. The van der Waals surface area contributed by atoms with Crippen molar-refractivity contribution in [1.29, 1.82) is 0 Å². The van der Waals surface area contributed by atoms with Crippen LogP contribution in [0.3, 0.4) is 0 Å². The quantitative estimate of drug-likeness (QED) is 0.0451. The predicted molar refractivity (Wildman–Crippen MR) is 263 cm³/mol. The Morgan fingerprint density at radius 3 is 0.552 bits per heavy atom. The van der Waals surface area contributed by atoms with Crippen LogP contribution >= 0.6 is 8.60 Å². The SMILES string of the molecule is CCCCCCCCC(CCCCCCCC)COP(OCC(CCCCCCCC)CCCCCCCC)OCC(CCCCCCCC)CCCCCCCC. The van der Waals surface area contributed by atoms with Crippen LogP contribution in [0.15, 0.2) is 0 Å². The summed E-state index contributed by atoms with van der Waals surface area (Å²) in [6.45, 7) is 16.4.